The monoisotopic (exact) mass is 386 g/mol. The number of rotatable bonds is 4. The van der Waals surface area contributed by atoms with Crippen molar-refractivity contribution < 1.29 is 4.52 Å². The SMILES string of the molecule is Cc1nc(CN2CCN(c3ccnc4cc(-c5cccnc5)ccc34)CC2)no1. The van der Waals surface area contributed by atoms with Gasteiger partial charge in [-0.1, -0.05) is 23.4 Å². The number of benzene rings is 1. The molecule has 0 N–H and O–H groups in total. The molecule has 0 bridgehead atoms. The Labute approximate surface area is 169 Å². The molecule has 5 rings (SSSR count). The number of piperazine rings is 1. The van der Waals surface area contributed by atoms with E-state index < -0.39 is 0 Å². The first-order valence-corrected chi connectivity index (χ1v) is 9.82. The van der Waals surface area contributed by atoms with Gasteiger partial charge in [-0.05, 0) is 23.8 Å². The molecular formula is C22H22N6O. The first kappa shape index (κ1) is 17.8. The molecule has 7 heteroatoms. The first-order chi connectivity index (χ1) is 14.3. The minimum atomic E-state index is 0.618. The van der Waals surface area contributed by atoms with Crippen LogP contribution in [0.15, 0.2) is 59.5 Å². The van der Waals surface area contributed by atoms with Gasteiger partial charge < -0.3 is 9.42 Å². The van der Waals surface area contributed by atoms with E-state index >= 15 is 0 Å². The van der Waals surface area contributed by atoms with E-state index in [1.807, 2.05) is 25.4 Å². The van der Waals surface area contributed by atoms with Crippen molar-refractivity contribution >= 4 is 16.6 Å². The molecule has 1 saturated heterocycles. The van der Waals surface area contributed by atoms with Gasteiger partial charge in [0.05, 0.1) is 12.1 Å². The minimum Gasteiger partial charge on any atom is -0.368 e. The number of aryl methyl sites for hydroxylation is 1. The molecule has 3 aromatic heterocycles. The third kappa shape index (κ3) is 3.69. The molecule has 0 atom stereocenters. The Morgan fingerprint density at radius 2 is 1.90 bits per heavy atom. The van der Waals surface area contributed by atoms with Crippen LogP contribution in [0.2, 0.25) is 0 Å². The van der Waals surface area contributed by atoms with Crippen LogP contribution in [0.3, 0.4) is 0 Å². The van der Waals surface area contributed by atoms with E-state index in [0.29, 0.717) is 5.89 Å². The lowest BCUT2D eigenvalue weighted by Gasteiger charge is -2.36. The van der Waals surface area contributed by atoms with E-state index in [1.165, 1.54) is 11.1 Å². The fourth-order valence-electron chi connectivity index (χ4n) is 3.87. The summed E-state index contributed by atoms with van der Waals surface area (Å²) in [6, 6.07) is 12.6. The molecule has 0 spiro atoms. The summed E-state index contributed by atoms with van der Waals surface area (Å²) in [7, 11) is 0. The molecule has 0 unspecified atom stereocenters. The highest BCUT2D eigenvalue weighted by Gasteiger charge is 2.20. The highest BCUT2D eigenvalue weighted by molar-refractivity contribution is 5.94. The second kappa shape index (κ2) is 7.60. The summed E-state index contributed by atoms with van der Waals surface area (Å²) in [6.07, 6.45) is 5.58. The second-order valence-corrected chi connectivity index (χ2v) is 7.30. The molecule has 0 radical (unpaired) electrons. The molecule has 1 aliphatic heterocycles. The van der Waals surface area contributed by atoms with Crippen LogP contribution in [0.5, 0.6) is 0 Å². The zero-order chi connectivity index (χ0) is 19.6. The molecule has 0 saturated carbocycles. The van der Waals surface area contributed by atoms with Crippen molar-refractivity contribution in [1.82, 2.24) is 25.0 Å². The summed E-state index contributed by atoms with van der Waals surface area (Å²) >= 11 is 0. The van der Waals surface area contributed by atoms with Crippen molar-refractivity contribution in [2.24, 2.45) is 0 Å². The maximum atomic E-state index is 5.08. The summed E-state index contributed by atoms with van der Waals surface area (Å²) in [5.41, 5.74) is 4.48. The van der Waals surface area contributed by atoms with E-state index in [2.05, 4.69) is 60.2 Å². The first-order valence-electron chi connectivity index (χ1n) is 9.82. The molecule has 29 heavy (non-hydrogen) atoms. The predicted octanol–water partition coefficient (Wildman–Crippen LogP) is 3.31. The number of aromatic nitrogens is 4. The van der Waals surface area contributed by atoms with Crippen LogP contribution < -0.4 is 4.90 Å². The zero-order valence-electron chi connectivity index (χ0n) is 16.3. The van der Waals surface area contributed by atoms with E-state index in [0.717, 1.165) is 55.2 Å². The summed E-state index contributed by atoms with van der Waals surface area (Å²) < 4.78 is 5.08. The normalized spacial score (nSPS) is 15.1. The molecule has 1 fully saturated rings. The topological polar surface area (TPSA) is 71.2 Å². The van der Waals surface area contributed by atoms with E-state index in [-0.39, 0.29) is 0 Å². The van der Waals surface area contributed by atoms with Crippen molar-refractivity contribution in [2.75, 3.05) is 31.1 Å². The van der Waals surface area contributed by atoms with Gasteiger partial charge in [0.15, 0.2) is 5.82 Å². The third-order valence-electron chi connectivity index (χ3n) is 5.36. The number of hydrogen-bond acceptors (Lipinski definition) is 7. The highest BCUT2D eigenvalue weighted by atomic mass is 16.5. The Balaban J connectivity index is 1.34. The van der Waals surface area contributed by atoms with Crippen molar-refractivity contribution in [3.63, 3.8) is 0 Å². The molecule has 7 nitrogen and oxygen atoms in total. The van der Waals surface area contributed by atoms with E-state index in [4.69, 9.17) is 4.52 Å². The van der Waals surface area contributed by atoms with Crippen molar-refractivity contribution in [1.29, 1.82) is 0 Å². The smallest absolute Gasteiger partial charge is 0.223 e. The van der Waals surface area contributed by atoms with Gasteiger partial charge in [0, 0.05) is 68.3 Å². The predicted molar refractivity (Wildman–Crippen MR) is 111 cm³/mol. The Morgan fingerprint density at radius 3 is 2.66 bits per heavy atom. The van der Waals surface area contributed by atoms with Gasteiger partial charge in [-0.15, -0.1) is 0 Å². The van der Waals surface area contributed by atoms with Crippen LogP contribution in [0.25, 0.3) is 22.0 Å². The maximum Gasteiger partial charge on any atom is 0.223 e. The van der Waals surface area contributed by atoms with Crippen molar-refractivity contribution in [2.45, 2.75) is 13.5 Å². The Bertz CT molecular complexity index is 1120. The number of pyridine rings is 2. The molecule has 1 aromatic carbocycles. The largest absolute Gasteiger partial charge is 0.368 e. The van der Waals surface area contributed by atoms with Crippen LogP contribution in [-0.4, -0.2) is 51.2 Å². The lowest BCUT2D eigenvalue weighted by molar-refractivity contribution is 0.240. The van der Waals surface area contributed by atoms with Crippen LogP contribution in [0.1, 0.15) is 11.7 Å². The highest BCUT2D eigenvalue weighted by Crippen LogP contribution is 2.30. The van der Waals surface area contributed by atoms with Gasteiger partial charge in [-0.25, -0.2) is 0 Å². The van der Waals surface area contributed by atoms with E-state index in [9.17, 15) is 0 Å². The fourth-order valence-corrected chi connectivity index (χ4v) is 3.87. The van der Waals surface area contributed by atoms with Crippen LogP contribution >= 0.6 is 0 Å². The second-order valence-electron chi connectivity index (χ2n) is 7.30. The Morgan fingerprint density at radius 1 is 1.00 bits per heavy atom. The summed E-state index contributed by atoms with van der Waals surface area (Å²) in [5, 5.41) is 5.19. The average molecular weight is 386 g/mol. The van der Waals surface area contributed by atoms with Crippen molar-refractivity contribution in [3.8, 4) is 11.1 Å². The van der Waals surface area contributed by atoms with Gasteiger partial charge >= 0.3 is 0 Å². The molecule has 1 aliphatic rings. The summed E-state index contributed by atoms with van der Waals surface area (Å²) in [6.45, 7) is 6.40. The van der Waals surface area contributed by atoms with Crippen LogP contribution in [-0.2, 0) is 6.54 Å². The zero-order valence-corrected chi connectivity index (χ0v) is 16.3. The average Bonchev–Trinajstić information content (AvgIpc) is 3.18. The van der Waals surface area contributed by atoms with Gasteiger partial charge in [-0.3, -0.25) is 14.9 Å². The van der Waals surface area contributed by atoms with Crippen LogP contribution in [0, 0.1) is 6.92 Å². The maximum absolute atomic E-state index is 5.08. The number of fused-ring (bicyclic) bond motifs is 1. The van der Waals surface area contributed by atoms with Gasteiger partial charge in [0.25, 0.3) is 0 Å². The van der Waals surface area contributed by atoms with Gasteiger partial charge in [-0.2, -0.15) is 4.98 Å². The Kier molecular flexibility index (Phi) is 4.65. The quantitative estimate of drug-likeness (QED) is 0.533. The van der Waals surface area contributed by atoms with Crippen molar-refractivity contribution in [3.05, 3.63) is 66.7 Å². The lowest BCUT2D eigenvalue weighted by atomic mass is 10.0. The molecule has 4 heterocycles. The number of anilines is 1. The molecule has 0 amide bonds. The van der Waals surface area contributed by atoms with Crippen LogP contribution in [0.4, 0.5) is 5.69 Å². The number of hydrogen-bond donors (Lipinski definition) is 0. The molecule has 4 aromatic rings. The molecular weight excluding hydrogens is 364 g/mol. The van der Waals surface area contributed by atoms with Gasteiger partial charge in [0.2, 0.25) is 5.89 Å². The summed E-state index contributed by atoms with van der Waals surface area (Å²) in [5.74, 6) is 1.38. The number of nitrogens with zero attached hydrogens (tertiary/aromatic N) is 6. The van der Waals surface area contributed by atoms with E-state index in [1.54, 1.807) is 6.20 Å². The standard InChI is InChI=1S/C22H22N6O/c1-16-25-22(26-29-16)15-27-9-11-28(12-10-27)21-6-8-24-20-13-17(4-5-19(20)21)18-3-2-7-23-14-18/h2-8,13-14H,9-12,15H2,1H3. The minimum absolute atomic E-state index is 0.618. The third-order valence-corrected chi connectivity index (χ3v) is 5.36. The summed E-state index contributed by atoms with van der Waals surface area (Å²) in [4.78, 5) is 17.9. The fraction of sp³-hybridized carbons (Fsp3) is 0.273. The molecule has 0 aliphatic carbocycles. The van der Waals surface area contributed by atoms with Gasteiger partial charge in [0.1, 0.15) is 0 Å². The molecule has 146 valence electrons. The lowest BCUT2D eigenvalue weighted by Crippen LogP contribution is -2.46. The Hall–Kier alpha value is -3.32.